The predicted octanol–water partition coefficient (Wildman–Crippen LogP) is 4.10. The fourth-order valence-corrected chi connectivity index (χ4v) is 3.95. The molecule has 0 saturated carbocycles. The Kier molecular flexibility index (Phi) is 7.18. The Labute approximate surface area is 185 Å². The van der Waals surface area contributed by atoms with Gasteiger partial charge in [0.2, 0.25) is 0 Å². The standard InChI is InChI=1S/C26H32N4O/c1-2-26-28-13-15-30(26)14-3-4-21-5-7-23(8-6-21)24-9-11-25(12-10-24)31-17-16-29-19-22(18-27)20-29/h3-13,15,22H,2,14,16-20,27H2,1H3/b4-3+. The zero-order valence-electron chi connectivity index (χ0n) is 18.3. The molecule has 1 fully saturated rings. The molecule has 5 heteroatoms. The lowest BCUT2D eigenvalue weighted by atomic mass is 10.0. The summed E-state index contributed by atoms with van der Waals surface area (Å²) in [7, 11) is 0. The first-order valence-corrected chi connectivity index (χ1v) is 11.2. The van der Waals surface area contributed by atoms with Crippen molar-refractivity contribution in [3.8, 4) is 16.9 Å². The second kappa shape index (κ2) is 10.4. The maximum atomic E-state index is 5.89. The molecule has 162 valence electrons. The quantitative estimate of drug-likeness (QED) is 0.541. The van der Waals surface area contributed by atoms with Crippen LogP contribution in [0.3, 0.4) is 0 Å². The molecule has 2 heterocycles. The summed E-state index contributed by atoms with van der Waals surface area (Å²) in [6.45, 7) is 7.66. The van der Waals surface area contributed by atoms with Crippen LogP contribution < -0.4 is 10.5 Å². The van der Waals surface area contributed by atoms with Crippen molar-refractivity contribution >= 4 is 6.08 Å². The third-order valence-electron chi connectivity index (χ3n) is 5.87. The highest BCUT2D eigenvalue weighted by Crippen LogP contribution is 2.23. The molecule has 4 rings (SSSR count). The highest BCUT2D eigenvalue weighted by atomic mass is 16.5. The number of aromatic nitrogens is 2. The molecular weight excluding hydrogens is 384 g/mol. The summed E-state index contributed by atoms with van der Waals surface area (Å²) in [4.78, 5) is 6.75. The maximum absolute atomic E-state index is 5.89. The van der Waals surface area contributed by atoms with Gasteiger partial charge in [-0.2, -0.15) is 0 Å². The molecule has 31 heavy (non-hydrogen) atoms. The SMILES string of the molecule is CCc1nccn1C/C=C/c1ccc(-c2ccc(OCCN3CC(CN)C3)cc2)cc1. The van der Waals surface area contributed by atoms with Crippen LogP contribution in [-0.4, -0.2) is 47.2 Å². The summed E-state index contributed by atoms with van der Waals surface area (Å²) in [6.07, 6.45) is 9.18. The van der Waals surface area contributed by atoms with Gasteiger partial charge in [0.25, 0.3) is 0 Å². The summed E-state index contributed by atoms with van der Waals surface area (Å²) >= 11 is 0. The van der Waals surface area contributed by atoms with E-state index in [9.17, 15) is 0 Å². The number of hydrogen-bond acceptors (Lipinski definition) is 4. The van der Waals surface area contributed by atoms with Crippen LogP contribution in [0.4, 0.5) is 0 Å². The zero-order chi connectivity index (χ0) is 21.5. The van der Waals surface area contributed by atoms with E-state index in [0.717, 1.165) is 57.3 Å². The average molecular weight is 417 g/mol. The van der Waals surface area contributed by atoms with Crippen LogP contribution in [0.2, 0.25) is 0 Å². The molecule has 0 unspecified atom stereocenters. The lowest BCUT2D eigenvalue weighted by Crippen LogP contribution is -2.50. The number of aryl methyl sites for hydroxylation is 1. The summed E-state index contributed by atoms with van der Waals surface area (Å²) in [5, 5.41) is 0. The van der Waals surface area contributed by atoms with Crippen molar-refractivity contribution in [2.75, 3.05) is 32.8 Å². The van der Waals surface area contributed by atoms with E-state index < -0.39 is 0 Å². The molecule has 2 aromatic carbocycles. The van der Waals surface area contributed by atoms with Gasteiger partial charge in [-0.05, 0) is 41.3 Å². The second-order valence-electron chi connectivity index (χ2n) is 8.11. The van der Waals surface area contributed by atoms with Gasteiger partial charge in [-0.15, -0.1) is 0 Å². The van der Waals surface area contributed by atoms with Crippen LogP contribution in [0.25, 0.3) is 17.2 Å². The van der Waals surface area contributed by atoms with E-state index in [4.69, 9.17) is 10.5 Å². The summed E-state index contributed by atoms with van der Waals surface area (Å²) < 4.78 is 8.07. The van der Waals surface area contributed by atoms with Crippen molar-refractivity contribution in [3.63, 3.8) is 0 Å². The molecule has 0 amide bonds. The number of hydrogen-bond donors (Lipinski definition) is 1. The molecule has 0 aliphatic carbocycles. The number of allylic oxidation sites excluding steroid dienone is 1. The molecule has 1 aromatic heterocycles. The Hall–Kier alpha value is -2.89. The molecule has 2 N–H and O–H groups in total. The Morgan fingerprint density at radius 1 is 1.06 bits per heavy atom. The van der Waals surface area contributed by atoms with Gasteiger partial charge in [-0.25, -0.2) is 4.98 Å². The van der Waals surface area contributed by atoms with Crippen LogP contribution in [-0.2, 0) is 13.0 Å². The van der Waals surface area contributed by atoms with Gasteiger partial charge in [-0.1, -0.05) is 55.5 Å². The first kappa shape index (κ1) is 21.3. The molecule has 3 aromatic rings. The summed E-state index contributed by atoms with van der Waals surface area (Å²) in [6, 6.07) is 17.0. The molecule has 1 aliphatic rings. The summed E-state index contributed by atoms with van der Waals surface area (Å²) in [5.74, 6) is 2.71. The third-order valence-corrected chi connectivity index (χ3v) is 5.87. The van der Waals surface area contributed by atoms with E-state index >= 15 is 0 Å². The molecular formula is C26H32N4O. The van der Waals surface area contributed by atoms with E-state index in [2.05, 4.69) is 82.1 Å². The molecule has 0 atom stereocenters. The highest BCUT2D eigenvalue weighted by Gasteiger charge is 2.24. The third kappa shape index (κ3) is 5.63. The largest absolute Gasteiger partial charge is 0.492 e. The van der Waals surface area contributed by atoms with Crippen LogP contribution >= 0.6 is 0 Å². The van der Waals surface area contributed by atoms with Crippen LogP contribution in [0, 0.1) is 5.92 Å². The van der Waals surface area contributed by atoms with Gasteiger partial charge in [0.15, 0.2) is 0 Å². The van der Waals surface area contributed by atoms with E-state index in [1.165, 1.54) is 16.7 Å². The normalized spacial score (nSPS) is 14.8. The lowest BCUT2D eigenvalue weighted by Gasteiger charge is -2.38. The van der Waals surface area contributed by atoms with Crippen molar-refractivity contribution in [3.05, 3.63) is 78.4 Å². The van der Waals surface area contributed by atoms with Crippen LogP contribution in [0.1, 0.15) is 18.3 Å². The van der Waals surface area contributed by atoms with Gasteiger partial charge in [-0.3, -0.25) is 4.90 Å². The number of imidazole rings is 1. The first-order chi connectivity index (χ1) is 15.2. The second-order valence-corrected chi connectivity index (χ2v) is 8.11. The number of rotatable bonds is 10. The van der Waals surface area contributed by atoms with Gasteiger partial charge < -0.3 is 15.0 Å². The minimum Gasteiger partial charge on any atom is -0.492 e. The van der Waals surface area contributed by atoms with Crippen molar-refractivity contribution in [1.82, 2.24) is 14.5 Å². The van der Waals surface area contributed by atoms with Crippen LogP contribution in [0.5, 0.6) is 5.75 Å². The van der Waals surface area contributed by atoms with Crippen molar-refractivity contribution in [1.29, 1.82) is 0 Å². The maximum Gasteiger partial charge on any atom is 0.119 e. The van der Waals surface area contributed by atoms with Gasteiger partial charge >= 0.3 is 0 Å². The van der Waals surface area contributed by atoms with Gasteiger partial charge in [0.05, 0.1) is 0 Å². The fraction of sp³-hybridized carbons (Fsp3) is 0.346. The highest BCUT2D eigenvalue weighted by molar-refractivity contribution is 5.66. The number of nitrogens with zero attached hydrogens (tertiary/aromatic N) is 3. The van der Waals surface area contributed by atoms with Crippen LogP contribution in [0.15, 0.2) is 67.0 Å². The molecule has 0 bridgehead atoms. The van der Waals surface area contributed by atoms with Gasteiger partial charge in [0.1, 0.15) is 18.2 Å². The Morgan fingerprint density at radius 3 is 2.45 bits per heavy atom. The minimum atomic E-state index is 0.673. The average Bonchev–Trinajstić information content (AvgIpc) is 3.24. The van der Waals surface area contributed by atoms with E-state index in [1.807, 2.05) is 12.4 Å². The van der Waals surface area contributed by atoms with E-state index in [-0.39, 0.29) is 0 Å². The molecule has 1 saturated heterocycles. The zero-order valence-corrected chi connectivity index (χ0v) is 18.3. The smallest absolute Gasteiger partial charge is 0.119 e. The monoisotopic (exact) mass is 416 g/mol. The van der Waals surface area contributed by atoms with Crippen molar-refractivity contribution in [2.45, 2.75) is 19.9 Å². The lowest BCUT2D eigenvalue weighted by molar-refractivity contribution is 0.0875. The number of nitrogens with two attached hydrogens (primary N) is 1. The first-order valence-electron chi connectivity index (χ1n) is 11.2. The Bertz CT molecular complexity index is 969. The fourth-order valence-electron chi connectivity index (χ4n) is 3.95. The molecule has 0 spiro atoms. The van der Waals surface area contributed by atoms with Crippen molar-refractivity contribution < 1.29 is 4.74 Å². The van der Waals surface area contributed by atoms with E-state index in [1.54, 1.807) is 0 Å². The molecule has 5 nitrogen and oxygen atoms in total. The van der Waals surface area contributed by atoms with Crippen molar-refractivity contribution in [2.24, 2.45) is 11.7 Å². The number of benzene rings is 2. The Morgan fingerprint density at radius 2 is 1.77 bits per heavy atom. The predicted molar refractivity (Wildman–Crippen MR) is 127 cm³/mol. The topological polar surface area (TPSA) is 56.3 Å². The Balaban J connectivity index is 1.26. The number of likely N-dealkylation sites (tertiary alicyclic amines) is 1. The van der Waals surface area contributed by atoms with E-state index in [0.29, 0.717) is 5.92 Å². The summed E-state index contributed by atoms with van der Waals surface area (Å²) in [5.41, 5.74) is 9.28. The molecule has 0 radical (unpaired) electrons. The molecule has 1 aliphatic heterocycles. The number of ether oxygens (including phenoxy) is 1. The minimum absolute atomic E-state index is 0.673. The van der Waals surface area contributed by atoms with Gasteiger partial charge in [0, 0.05) is 45.0 Å².